The van der Waals surface area contributed by atoms with Crippen LogP contribution in [0.4, 0.5) is 23.0 Å². The summed E-state index contributed by atoms with van der Waals surface area (Å²) in [6.45, 7) is 5.36. The fourth-order valence-corrected chi connectivity index (χ4v) is 3.18. The van der Waals surface area contributed by atoms with Gasteiger partial charge in [0.25, 0.3) is 0 Å². The Labute approximate surface area is 157 Å². The van der Waals surface area contributed by atoms with Crippen molar-refractivity contribution in [3.05, 3.63) is 45.7 Å². The van der Waals surface area contributed by atoms with Crippen LogP contribution in [-0.4, -0.2) is 47.6 Å². The Morgan fingerprint density at radius 1 is 1.23 bits per heavy atom. The molecule has 0 bridgehead atoms. The van der Waals surface area contributed by atoms with Gasteiger partial charge in [-0.15, -0.1) is 0 Å². The van der Waals surface area contributed by atoms with Crippen LogP contribution in [0.3, 0.4) is 0 Å². The average molecular weight is 377 g/mol. The molecule has 2 aromatic rings. The Morgan fingerprint density at radius 3 is 2.62 bits per heavy atom. The number of nitrogens with zero attached hydrogens (tertiary/aromatic N) is 5. The third kappa shape index (κ3) is 3.96. The third-order valence-corrected chi connectivity index (χ3v) is 4.52. The zero-order chi connectivity index (χ0) is 18.5. The van der Waals surface area contributed by atoms with Crippen LogP contribution >= 0.6 is 11.6 Å². The molecule has 0 saturated carbocycles. The van der Waals surface area contributed by atoms with Crippen LogP contribution in [0, 0.1) is 10.1 Å². The lowest BCUT2D eigenvalue weighted by molar-refractivity contribution is -0.383. The van der Waals surface area contributed by atoms with Crippen molar-refractivity contribution in [1.29, 1.82) is 0 Å². The summed E-state index contributed by atoms with van der Waals surface area (Å²) in [6.07, 6.45) is 2.23. The van der Waals surface area contributed by atoms with Gasteiger partial charge in [0.15, 0.2) is 0 Å². The van der Waals surface area contributed by atoms with Gasteiger partial charge < -0.3 is 15.1 Å². The van der Waals surface area contributed by atoms with Crippen LogP contribution in [0.25, 0.3) is 0 Å². The number of anilines is 3. The van der Waals surface area contributed by atoms with Gasteiger partial charge >= 0.3 is 5.69 Å². The van der Waals surface area contributed by atoms with Crippen molar-refractivity contribution in [3.63, 3.8) is 0 Å². The number of aromatic nitrogens is 2. The van der Waals surface area contributed by atoms with Gasteiger partial charge in [0.05, 0.1) is 4.92 Å². The fraction of sp³-hybridized carbons (Fsp3) is 0.412. The lowest BCUT2D eigenvalue weighted by atomic mass is 10.2. The maximum Gasteiger partial charge on any atom is 0.353 e. The highest BCUT2D eigenvalue weighted by atomic mass is 35.5. The number of rotatable bonds is 6. The summed E-state index contributed by atoms with van der Waals surface area (Å²) >= 11 is 6.07. The van der Waals surface area contributed by atoms with Gasteiger partial charge in [-0.3, -0.25) is 10.1 Å². The average Bonchev–Trinajstić information content (AvgIpc) is 2.66. The second kappa shape index (κ2) is 8.18. The quantitative estimate of drug-likeness (QED) is 0.611. The predicted octanol–water partition coefficient (Wildman–Crippen LogP) is 3.19. The van der Waals surface area contributed by atoms with E-state index in [-0.39, 0.29) is 11.5 Å². The highest BCUT2D eigenvalue weighted by Crippen LogP contribution is 2.32. The van der Waals surface area contributed by atoms with Crippen LogP contribution in [0.5, 0.6) is 0 Å². The first-order chi connectivity index (χ1) is 12.6. The second-order valence-electron chi connectivity index (χ2n) is 6.03. The summed E-state index contributed by atoms with van der Waals surface area (Å²) < 4.78 is 0. The molecule has 1 aliphatic heterocycles. The van der Waals surface area contributed by atoms with Crippen molar-refractivity contribution in [3.8, 4) is 0 Å². The predicted molar refractivity (Wildman–Crippen MR) is 103 cm³/mol. The summed E-state index contributed by atoms with van der Waals surface area (Å²) in [6, 6.07) is 7.71. The normalized spacial score (nSPS) is 14.4. The molecule has 1 aliphatic rings. The number of nitro groups is 1. The first kappa shape index (κ1) is 18.2. The molecule has 2 heterocycles. The van der Waals surface area contributed by atoms with Crippen LogP contribution < -0.4 is 15.1 Å². The molecule has 8 nitrogen and oxygen atoms in total. The van der Waals surface area contributed by atoms with Crippen molar-refractivity contribution in [2.75, 3.05) is 47.8 Å². The fourth-order valence-electron chi connectivity index (χ4n) is 2.99. The Balaban J connectivity index is 1.77. The lowest BCUT2D eigenvalue weighted by Crippen LogP contribution is -2.47. The number of piperazine rings is 1. The molecule has 1 fully saturated rings. The van der Waals surface area contributed by atoms with Crippen molar-refractivity contribution in [1.82, 2.24) is 9.97 Å². The molecular formula is C17H21ClN6O2. The van der Waals surface area contributed by atoms with E-state index in [2.05, 4.69) is 20.2 Å². The Bertz CT molecular complexity index is 780. The van der Waals surface area contributed by atoms with Gasteiger partial charge in [-0.2, -0.15) is 0 Å². The monoisotopic (exact) mass is 376 g/mol. The van der Waals surface area contributed by atoms with Gasteiger partial charge in [0.2, 0.25) is 11.6 Å². The smallest absolute Gasteiger partial charge is 0.353 e. The third-order valence-electron chi connectivity index (χ3n) is 4.28. The second-order valence-corrected chi connectivity index (χ2v) is 6.47. The molecule has 1 N–H and O–H groups in total. The Hall–Kier alpha value is -2.61. The van der Waals surface area contributed by atoms with Gasteiger partial charge in [0, 0.05) is 43.4 Å². The van der Waals surface area contributed by atoms with E-state index >= 15 is 0 Å². The van der Waals surface area contributed by atoms with Gasteiger partial charge in [-0.25, -0.2) is 9.97 Å². The molecule has 0 atom stereocenters. The summed E-state index contributed by atoms with van der Waals surface area (Å²) in [7, 11) is 0. The molecular weight excluding hydrogens is 356 g/mol. The standard InChI is InChI=1S/C17H21ClN6O2/c1-2-6-19-16-15(24(25)26)17(21-12-20-16)23-9-7-22(8-10-23)14-5-3-4-13(18)11-14/h3-5,11-12H,2,6-10H2,1H3,(H,19,20,21). The van der Waals surface area contributed by atoms with E-state index in [0.29, 0.717) is 30.5 Å². The lowest BCUT2D eigenvalue weighted by Gasteiger charge is -2.36. The zero-order valence-electron chi connectivity index (χ0n) is 14.6. The van der Waals surface area contributed by atoms with E-state index in [1.165, 1.54) is 6.33 Å². The summed E-state index contributed by atoms with van der Waals surface area (Å²) in [5, 5.41) is 15.3. The number of benzene rings is 1. The van der Waals surface area contributed by atoms with E-state index < -0.39 is 4.92 Å². The largest absolute Gasteiger partial charge is 0.368 e. The Morgan fingerprint density at radius 2 is 1.96 bits per heavy atom. The molecule has 0 radical (unpaired) electrons. The van der Waals surface area contributed by atoms with E-state index in [0.717, 1.165) is 25.2 Å². The first-order valence-corrected chi connectivity index (χ1v) is 8.96. The van der Waals surface area contributed by atoms with Crippen LogP contribution in [0.15, 0.2) is 30.6 Å². The van der Waals surface area contributed by atoms with Crippen molar-refractivity contribution >= 4 is 34.6 Å². The van der Waals surface area contributed by atoms with Gasteiger partial charge in [-0.05, 0) is 24.6 Å². The van der Waals surface area contributed by atoms with Crippen molar-refractivity contribution in [2.24, 2.45) is 0 Å². The minimum absolute atomic E-state index is 0.0582. The van der Waals surface area contributed by atoms with Crippen LogP contribution in [0.1, 0.15) is 13.3 Å². The minimum atomic E-state index is -0.406. The number of nitrogens with one attached hydrogen (secondary N) is 1. The van der Waals surface area contributed by atoms with Crippen molar-refractivity contribution in [2.45, 2.75) is 13.3 Å². The Kier molecular flexibility index (Phi) is 5.72. The number of hydrogen-bond donors (Lipinski definition) is 1. The highest BCUT2D eigenvalue weighted by molar-refractivity contribution is 6.30. The van der Waals surface area contributed by atoms with Gasteiger partial charge in [0.1, 0.15) is 6.33 Å². The zero-order valence-corrected chi connectivity index (χ0v) is 15.3. The summed E-state index contributed by atoms with van der Waals surface area (Å²) in [5.41, 5.74) is 0.997. The van der Waals surface area contributed by atoms with E-state index in [9.17, 15) is 10.1 Å². The van der Waals surface area contributed by atoms with E-state index in [1.54, 1.807) is 0 Å². The molecule has 0 aliphatic carbocycles. The molecule has 1 saturated heterocycles. The number of hydrogen-bond acceptors (Lipinski definition) is 7. The molecule has 0 spiro atoms. The van der Waals surface area contributed by atoms with E-state index in [1.807, 2.05) is 36.1 Å². The molecule has 3 rings (SSSR count). The molecule has 0 amide bonds. The summed E-state index contributed by atoms with van der Waals surface area (Å²) in [5.74, 6) is 0.647. The molecule has 0 unspecified atom stereocenters. The molecule has 1 aromatic heterocycles. The molecule has 1 aromatic carbocycles. The van der Waals surface area contributed by atoms with Crippen LogP contribution in [0.2, 0.25) is 5.02 Å². The van der Waals surface area contributed by atoms with Crippen molar-refractivity contribution < 1.29 is 4.92 Å². The number of halogens is 1. The SMILES string of the molecule is CCCNc1ncnc(N2CCN(c3cccc(Cl)c3)CC2)c1[N+](=O)[O-]. The summed E-state index contributed by atoms with van der Waals surface area (Å²) in [4.78, 5) is 23.6. The maximum absolute atomic E-state index is 11.6. The molecule has 9 heteroatoms. The van der Waals surface area contributed by atoms with E-state index in [4.69, 9.17) is 11.6 Å². The van der Waals surface area contributed by atoms with Crippen LogP contribution in [-0.2, 0) is 0 Å². The maximum atomic E-state index is 11.6. The molecule has 26 heavy (non-hydrogen) atoms. The highest BCUT2D eigenvalue weighted by Gasteiger charge is 2.29. The topological polar surface area (TPSA) is 87.4 Å². The molecule has 138 valence electrons. The van der Waals surface area contributed by atoms with Gasteiger partial charge in [-0.1, -0.05) is 24.6 Å². The minimum Gasteiger partial charge on any atom is -0.368 e. The first-order valence-electron chi connectivity index (χ1n) is 8.59.